The van der Waals surface area contributed by atoms with Crippen molar-refractivity contribution in [1.29, 1.82) is 0 Å². The highest BCUT2D eigenvalue weighted by Crippen LogP contribution is 2.43. The summed E-state index contributed by atoms with van der Waals surface area (Å²) in [4.78, 5) is 24.3. The summed E-state index contributed by atoms with van der Waals surface area (Å²) in [6.07, 6.45) is 1.41. The van der Waals surface area contributed by atoms with Crippen molar-refractivity contribution in [2.45, 2.75) is 31.0 Å². The highest BCUT2D eigenvalue weighted by Gasteiger charge is 2.24. The number of carbonyl (C=O) groups excluding carboxylic acids is 2. The zero-order valence-corrected chi connectivity index (χ0v) is 26.7. The number of rotatable bonds is 19. The van der Waals surface area contributed by atoms with Gasteiger partial charge >= 0.3 is 11.9 Å². The van der Waals surface area contributed by atoms with Gasteiger partial charge in [0.2, 0.25) is 0 Å². The van der Waals surface area contributed by atoms with Gasteiger partial charge in [0.25, 0.3) is 10.1 Å². The average molecular weight is 655 g/mol. The molecule has 0 aliphatic carbocycles. The Morgan fingerprint density at radius 3 is 1.59 bits per heavy atom. The lowest BCUT2D eigenvalue weighted by atomic mass is 10.0. The molecule has 3 aromatic rings. The SMILES string of the molecule is C=CCOCC(COc1c2ccccc2c(OCC(COCC=C)OC(=O)C(=C)C)c2cc(S(=O)(=O)O)ccc12)OC(=O)C(=C)C. The largest absolute Gasteiger partial charge is 0.488 e. The van der Waals surface area contributed by atoms with Crippen LogP contribution in [0.15, 0.2) is 97.0 Å². The fourth-order valence-electron chi connectivity index (χ4n) is 4.20. The fourth-order valence-corrected chi connectivity index (χ4v) is 4.71. The highest BCUT2D eigenvalue weighted by atomic mass is 32.2. The molecule has 3 aromatic carbocycles. The molecule has 12 heteroatoms. The first-order valence-electron chi connectivity index (χ1n) is 14.2. The minimum absolute atomic E-state index is 0.00716. The quantitative estimate of drug-likeness (QED) is 0.0444. The van der Waals surface area contributed by atoms with E-state index in [1.165, 1.54) is 32.0 Å². The maximum absolute atomic E-state index is 12.3. The van der Waals surface area contributed by atoms with Crippen LogP contribution in [0.4, 0.5) is 0 Å². The number of carbonyl (C=O) groups is 2. The predicted molar refractivity (Wildman–Crippen MR) is 174 cm³/mol. The number of fused-ring (bicyclic) bond motifs is 2. The zero-order chi connectivity index (χ0) is 33.9. The molecule has 11 nitrogen and oxygen atoms in total. The molecule has 1 N–H and O–H groups in total. The van der Waals surface area contributed by atoms with Gasteiger partial charge in [-0.05, 0) is 32.0 Å². The summed E-state index contributed by atoms with van der Waals surface area (Å²) >= 11 is 0. The van der Waals surface area contributed by atoms with Crippen LogP contribution in [0.3, 0.4) is 0 Å². The van der Waals surface area contributed by atoms with Gasteiger partial charge in [0.15, 0.2) is 12.2 Å². The first-order chi connectivity index (χ1) is 21.9. The summed E-state index contributed by atoms with van der Waals surface area (Å²) in [5.41, 5.74) is 0.386. The van der Waals surface area contributed by atoms with Crippen LogP contribution in [0.25, 0.3) is 21.5 Å². The lowest BCUT2D eigenvalue weighted by Gasteiger charge is -2.23. The molecule has 0 saturated carbocycles. The maximum atomic E-state index is 12.3. The minimum Gasteiger partial charge on any atom is -0.488 e. The molecular weight excluding hydrogens is 616 g/mol. The van der Waals surface area contributed by atoms with Crippen molar-refractivity contribution in [2.24, 2.45) is 0 Å². The van der Waals surface area contributed by atoms with E-state index in [1.54, 1.807) is 36.4 Å². The van der Waals surface area contributed by atoms with E-state index >= 15 is 0 Å². The normalized spacial score (nSPS) is 12.6. The first kappa shape index (κ1) is 36.0. The molecule has 246 valence electrons. The molecule has 0 saturated heterocycles. The summed E-state index contributed by atoms with van der Waals surface area (Å²) in [5, 5.41) is 1.81. The summed E-state index contributed by atoms with van der Waals surface area (Å²) in [7, 11) is -4.60. The van der Waals surface area contributed by atoms with E-state index in [2.05, 4.69) is 26.3 Å². The van der Waals surface area contributed by atoms with Crippen LogP contribution in [0.5, 0.6) is 11.5 Å². The predicted octanol–water partition coefficient (Wildman–Crippen LogP) is 5.38. The molecule has 0 fully saturated rings. The molecular formula is C34H38O11S. The van der Waals surface area contributed by atoms with Gasteiger partial charge in [0.05, 0.1) is 31.3 Å². The number of ether oxygens (including phenoxy) is 6. The van der Waals surface area contributed by atoms with E-state index in [0.717, 1.165) is 0 Å². The Bertz CT molecular complexity index is 1730. The lowest BCUT2D eigenvalue weighted by molar-refractivity contribution is -0.149. The summed E-state index contributed by atoms with van der Waals surface area (Å²) in [6.45, 7) is 17.6. The van der Waals surface area contributed by atoms with Crippen molar-refractivity contribution < 1.29 is 51.0 Å². The molecule has 2 unspecified atom stereocenters. The molecule has 46 heavy (non-hydrogen) atoms. The van der Waals surface area contributed by atoms with Gasteiger partial charge in [-0.15, -0.1) is 13.2 Å². The van der Waals surface area contributed by atoms with Crippen LogP contribution in [0.1, 0.15) is 13.8 Å². The molecule has 0 spiro atoms. The number of hydrogen-bond donors (Lipinski definition) is 1. The van der Waals surface area contributed by atoms with Crippen LogP contribution in [0.2, 0.25) is 0 Å². The Morgan fingerprint density at radius 1 is 0.739 bits per heavy atom. The number of benzene rings is 3. The summed E-state index contributed by atoms with van der Waals surface area (Å²) < 4.78 is 68.7. The second-order valence-corrected chi connectivity index (χ2v) is 11.7. The van der Waals surface area contributed by atoms with Crippen molar-refractivity contribution in [3.8, 4) is 11.5 Å². The third-order valence-electron chi connectivity index (χ3n) is 6.34. The first-order valence-corrected chi connectivity index (χ1v) is 15.6. The number of hydrogen-bond acceptors (Lipinski definition) is 10. The third-order valence-corrected chi connectivity index (χ3v) is 7.19. The smallest absolute Gasteiger partial charge is 0.333 e. The Hall–Kier alpha value is -4.49. The van der Waals surface area contributed by atoms with E-state index < -0.39 is 34.3 Å². The molecule has 0 aliphatic heterocycles. The van der Waals surface area contributed by atoms with Crippen molar-refractivity contribution in [2.75, 3.05) is 39.6 Å². The van der Waals surface area contributed by atoms with Crippen LogP contribution in [-0.4, -0.2) is 76.8 Å². The van der Waals surface area contributed by atoms with Crippen molar-refractivity contribution >= 4 is 43.6 Å². The van der Waals surface area contributed by atoms with Gasteiger partial charge in [-0.1, -0.05) is 49.6 Å². The molecule has 0 bridgehead atoms. The van der Waals surface area contributed by atoms with Gasteiger partial charge in [0, 0.05) is 32.7 Å². The molecule has 0 aliphatic rings. The van der Waals surface area contributed by atoms with E-state index in [1.807, 2.05) is 0 Å². The topological polar surface area (TPSA) is 144 Å². The van der Waals surface area contributed by atoms with Gasteiger partial charge < -0.3 is 28.4 Å². The monoisotopic (exact) mass is 654 g/mol. The second kappa shape index (κ2) is 16.7. The van der Waals surface area contributed by atoms with Gasteiger partial charge in [-0.3, -0.25) is 4.55 Å². The number of esters is 2. The lowest BCUT2D eigenvalue weighted by Crippen LogP contribution is -2.30. The van der Waals surface area contributed by atoms with E-state index in [0.29, 0.717) is 21.9 Å². The van der Waals surface area contributed by atoms with Crippen molar-refractivity contribution in [3.63, 3.8) is 0 Å². The average Bonchev–Trinajstić information content (AvgIpc) is 3.01. The second-order valence-electron chi connectivity index (χ2n) is 10.3. The van der Waals surface area contributed by atoms with Crippen LogP contribution >= 0.6 is 0 Å². The molecule has 2 atom stereocenters. The third kappa shape index (κ3) is 9.75. The Morgan fingerprint density at radius 2 is 1.17 bits per heavy atom. The van der Waals surface area contributed by atoms with Crippen LogP contribution < -0.4 is 9.47 Å². The molecule has 0 radical (unpaired) electrons. The van der Waals surface area contributed by atoms with Gasteiger partial charge in [-0.2, -0.15) is 8.42 Å². The Kier molecular flexibility index (Phi) is 13.1. The van der Waals surface area contributed by atoms with Crippen LogP contribution in [0, 0.1) is 0 Å². The summed E-state index contributed by atoms with van der Waals surface area (Å²) in [6, 6.07) is 11.0. The van der Waals surface area contributed by atoms with Crippen molar-refractivity contribution in [3.05, 3.63) is 92.1 Å². The van der Waals surface area contributed by atoms with Gasteiger partial charge in [0.1, 0.15) is 24.7 Å². The molecule has 0 aromatic heterocycles. The van der Waals surface area contributed by atoms with Crippen LogP contribution in [-0.2, 0) is 38.7 Å². The van der Waals surface area contributed by atoms with E-state index in [9.17, 15) is 22.6 Å². The van der Waals surface area contributed by atoms with E-state index in [-0.39, 0.29) is 66.8 Å². The Labute approximate surface area is 268 Å². The molecule has 3 rings (SSSR count). The zero-order valence-electron chi connectivity index (χ0n) is 25.9. The van der Waals surface area contributed by atoms with Crippen molar-refractivity contribution in [1.82, 2.24) is 0 Å². The highest BCUT2D eigenvalue weighted by molar-refractivity contribution is 7.85. The Balaban J connectivity index is 2.11. The standard InChI is InChI=1S/C34H38O11S/c1-7-15-40-18-24(44-33(35)22(3)4)20-42-31-27-11-9-10-12-28(27)32(30-17-26(46(37,38)39)13-14-29(30)31)43-21-25(19-41-16-8-2)45-34(36)23(5)6/h7-14,17,24-25H,1-3,5,15-16,18-21H2,4,6H3,(H,37,38,39). The maximum Gasteiger partial charge on any atom is 0.333 e. The molecule has 0 heterocycles. The minimum atomic E-state index is -4.60. The molecule has 0 amide bonds. The summed E-state index contributed by atoms with van der Waals surface area (Å²) in [5.74, 6) is -0.685. The van der Waals surface area contributed by atoms with E-state index in [4.69, 9.17) is 28.4 Å². The fraction of sp³-hybridized carbons (Fsp3) is 0.294. The van der Waals surface area contributed by atoms with Gasteiger partial charge in [-0.25, -0.2) is 9.59 Å².